The van der Waals surface area contributed by atoms with Crippen molar-refractivity contribution >= 4 is 5.97 Å². The molecule has 1 heterocycles. The molecule has 0 unspecified atom stereocenters. The summed E-state index contributed by atoms with van der Waals surface area (Å²) in [6, 6.07) is 3.34. The Labute approximate surface area is 91.9 Å². The Balaban J connectivity index is 0. The Hall–Kier alpha value is -1.42. The quantitative estimate of drug-likeness (QED) is 0.761. The van der Waals surface area contributed by atoms with Gasteiger partial charge in [0.25, 0.3) is 0 Å². The van der Waals surface area contributed by atoms with Crippen LogP contribution in [0.1, 0.15) is 37.7 Å². The summed E-state index contributed by atoms with van der Waals surface area (Å²) in [5.41, 5.74) is 6.52. The van der Waals surface area contributed by atoms with Crippen LogP contribution >= 0.6 is 0 Å². The third-order valence-corrected chi connectivity index (χ3v) is 1.45. The summed E-state index contributed by atoms with van der Waals surface area (Å²) >= 11 is 0. The number of pyridine rings is 1. The maximum Gasteiger partial charge on any atom is 0.339 e. The van der Waals surface area contributed by atoms with Gasteiger partial charge in [-0.2, -0.15) is 0 Å². The van der Waals surface area contributed by atoms with E-state index in [0.717, 1.165) is 5.69 Å². The van der Waals surface area contributed by atoms with E-state index in [1.165, 1.54) is 19.7 Å². The molecule has 0 radical (unpaired) electrons. The smallest absolute Gasteiger partial charge is 0.339 e. The fraction of sp³-hybridized carbons (Fsp3) is 0.455. The first-order valence-corrected chi connectivity index (χ1v) is 4.92. The van der Waals surface area contributed by atoms with Crippen molar-refractivity contribution in [3.63, 3.8) is 0 Å². The van der Waals surface area contributed by atoms with Crippen molar-refractivity contribution < 1.29 is 11.0 Å². The van der Waals surface area contributed by atoms with Crippen molar-refractivity contribution in [2.75, 3.05) is 7.11 Å². The van der Waals surface area contributed by atoms with E-state index in [-0.39, 0.29) is 7.40 Å². The molecule has 0 amide bonds. The SMILES string of the molecule is CCC.COC(=O)c1ccc(CN)nc1.[HH]. The highest BCUT2D eigenvalue weighted by molar-refractivity contribution is 5.88. The van der Waals surface area contributed by atoms with Crippen LogP contribution in [0.4, 0.5) is 0 Å². The van der Waals surface area contributed by atoms with Gasteiger partial charge in [0, 0.05) is 14.2 Å². The second-order valence-corrected chi connectivity index (χ2v) is 2.94. The second-order valence-electron chi connectivity index (χ2n) is 2.94. The van der Waals surface area contributed by atoms with Gasteiger partial charge in [-0.25, -0.2) is 4.79 Å². The fourth-order valence-electron chi connectivity index (χ4n) is 0.784. The van der Waals surface area contributed by atoms with Crippen LogP contribution in [0, 0.1) is 0 Å². The highest BCUT2D eigenvalue weighted by Gasteiger charge is 2.03. The first-order chi connectivity index (χ1) is 7.19. The number of carbonyl (C=O) groups is 1. The molecule has 4 nitrogen and oxygen atoms in total. The highest BCUT2D eigenvalue weighted by Crippen LogP contribution is 2.00. The van der Waals surface area contributed by atoms with Gasteiger partial charge >= 0.3 is 5.97 Å². The molecule has 0 atom stereocenters. The molecule has 0 aliphatic heterocycles. The predicted octanol–water partition coefficient (Wildman–Crippen LogP) is 1.99. The lowest BCUT2D eigenvalue weighted by atomic mass is 10.2. The van der Waals surface area contributed by atoms with Gasteiger partial charge in [-0.15, -0.1) is 0 Å². The summed E-state index contributed by atoms with van der Waals surface area (Å²) < 4.78 is 4.50. The first-order valence-electron chi connectivity index (χ1n) is 4.92. The summed E-state index contributed by atoms with van der Waals surface area (Å²) in [4.78, 5) is 14.9. The molecule has 1 aromatic rings. The molecule has 0 spiro atoms. The third-order valence-electron chi connectivity index (χ3n) is 1.45. The minimum atomic E-state index is -0.383. The van der Waals surface area contributed by atoms with Crippen molar-refractivity contribution in [2.24, 2.45) is 5.73 Å². The van der Waals surface area contributed by atoms with Gasteiger partial charge in [0.05, 0.1) is 18.4 Å². The van der Waals surface area contributed by atoms with Gasteiger partial charge in [0.2, 0.25) is 0 Å². The number of methoxy groups -OCH3 is 1. The number of carbonyl (C=O) groups excluding carboxylic acids is 1. The lowest BCUT2D eigenvalue weighted by Gasteiger charge is -1.98. The lowest BCUT2D eigenvalue weighted by Crippen LogP contribution is -2.04. The van der Waals surface area contributed by atoms with E-state index in [4.69, 9.17) is 5.73 Å². The zero-order chi connectivity index (χ0) is 11.7. The summed E-state index contributed by atoms with van der Waals surface area (Å²) in [5, 5.41) is 0. The molecular weight excluding hydrogens is 192 g/mol. The number of aromatic nitrogens is 1. The third kappa shape index (κ3) is 5.12. The number of hydrogen-bond donors (Lipinski definition) is 1. The number of nitrogens with zero attached hydrogens (tertiary/aromatic N) is 1. The van der Waals surface area contributed by atoms with Gasteiger partial charge in [-0.1, -0.05) is 20.3 Å². The van der Waals surface area contributed by atoms with E-state index >= 15 is 0 Å². The van der Waals surface area contributed by atoms with Crippen molar-refractivity contribution in [3.8, 4) is 0 Å². The van der Waals surface area contributed by atoms with Crippen molar-refractivity contribution in [1.82, 2.24) is 4.98 Å². The average molecular weight is 212 g/mol. The molecule has 0 aliphatic rings. The number of esters is 1. The number of rotatable bonds is 2. The standard InChI is InChI=1S/C8H10N2O2.C3H8.H2/c1-12-8(11)6-2-3-7(4-9)10-5-6;1-3-2;/h2-3,5H,4,9H2,1H3;3H2,1-2H3;1H. The Kier molecular flexibility index (Phi) is 7.18. The topological polar surface area (TPSA) is 65.2 Å². The van der Waals surface area contributed by atoms with Crippen LogP contribution in [0.3, 0.4) is 0 Å². The molecule has 0 aromatic carbocycles. The molecule has 0 aliphatic carbocycles. The van der Waals surface area contributed by atoms with Crippen LogP contribution in [0.15, 0.2) is 18.3 Å². The summed E-state index contributed by atoms with van der Waals surface area (Å²) in [5.74, 6) is -0.383. The van der Waals surface area contributed by atoms with Crippen molar-refractivity contribution in [1.29, 1.82) is 0 Å². The average Bonchev–Trinajstić information content (AvgIpc) is 2.29. The number of nitrogens with two attached hydrogens (primary N) is 1. The molecule has 86 valence electrons. The summed E-state index contributed by atoms with van der Waals surface area (Å²) in [6.07, 6.45) is 2.70. The van der Waals surface area contributed by atoms with Gasteiger partial charge in [-0.05, 0) is 12.1 Å². The van der Waals surface area contributed by atoms with Crippen molar-refractivity contribution in [2.45, 2.75) is 26.8 Å². The molecular formula is C11H20N2O2. The van der Waals surface area contributed by atoms with E-state index in [2.05, 4.69) is 23.6 Å². The maximum atomic E-state index is 10.9. The zero-order valence-electron chi connectivity index (χ0n) is 9.49. The molecule has 1 aromatic heterocycles. The summed E-state index contributed by atoms with van der Waals surface area (Å²) in [6.45, 7) is 4.63. The predicted molar refractivity (Wildman–Crippen MR) is 61.5 cm³/mol. The number of ether oxygens (including phenoxy) is 1. The molecule has 2 N–H and O–H groups in total. The summed E-state index contributed by atoms with van der Waals surface area (Å²) in [7, 11) is 1.33. The van der Waals surface area contributed by atoms with E-state index in [1.807, 2.05) is 0 Å². The fourth-order valence-corrected chi connectivity index (χ4v) is 0.784. The van der Waals surface area contributed by atoms with E-state index < -0.39 is 0 Å². The molecule has 15 heavy (non-hydrogen) atoms. The van der Waals surface area contributed by atoms with Gasteiger partial charge in [0.15, 0.2) is 0 Å². The molecule has 4 heteroatoms. The van der Waals surface area contributed by atoms with Gasteiger partial charge < -0.3 is 10.5 Å². The zero-order valence-corrected chi connectivity index (χ0v) is 9.49. The van der Waals surface area contributed by atoms with Crippen LogP contribution in [0.2, 0.25) is 0 Å². The Morgan fingerprint density at radius 2 is 2.13 bits per heavy atom. The van der Waals surface area contributed by atoms with Gasteiger partial charge in [0.1, 0.15) is 0 Å². The number of hydrogen-bond acceptors (Lipinski definition) is 4. The Morgan fingerprint density at radius 1 is 1.53 bits per heavy atom. The van der Waals surface area contributed by atoms with Crippen LogP contribution in [0.25, 0.3) is 0 Å². The Bertz CT molecular complexity index is 289. The van der Waals surface area contributed by atoms with Crippen LogP contribution < -0.4 is 5.73 Å². The highest BCUT2D eigenvalue weighted by atomic mass is 16.5. The lowest BCUT2D eigenvalue weighted by molar-refractivity contribution is 0.0600. The minimum absolute atomic E-state index is 0. The molecule has 0 saturated heterocycles. The molecule has 0 saturated carbocycles. The maximum absolute atomic E-state index is 10.9. The largest absolute Gasteiger partial charge is 0.465 e. The Morgan fingerprint density at radius 3 is 2.47 bits per heavy atom. The molecule has 0 fully saturated rings. The van der Waals surface area contributed by atoms with E-state index in [9.17, 15) is 4.79 Å². The monoisotopic (exact) mass is 212 g/mol. The van der Waals surface area contributed by atoms with Crippen LogP contribution in [-0.4, -0.2) is 18.1 Å². The first kappa shape index (κ1) is 13.6. The minimum Gasteiger partial charge on any atom is -0.465 e. The molecule has 0 bridgehead atoms. The van der Waals surface area contributed by atoms with Crippen molar-refractivity contribution in [3.05, 3.63) is 29.6 Å². The van der Waals surface area contributed by atoms with Crippen LogP contribution in [0.5, 0.6) is 0 Å². The molecule has 1 rings (SSSR count). The van der Waals surface area contributed by atoms with E-state index in [0.29, 0.717) is 12.1 Å². The normalized spacial score (nSPS) is 8.80. The van der Waals surface area contributed by atoms with Gasteiger partial charge in [-0.3, -0.25) is 4.98 Å². The van der Waals surface area contributed by atoms with Crippen LogP contribution in [-0.2, 0) is 11.3 Å². The second kappa shape index (κ2) is 7.94. The van der Waals surface area contributed by atoms with E-state index in [1.54, 1.807) is 12.1 Å².